The number of rotatable bonds is 5. The maximum absolute atomic E-state index is 5.53. The van der Waals surface area contributed by atoms with Crippen LogP contribution in [0.2, 0.25) is 0 Å². The number of nitrogens with one attached hydrogen (secondary N) is 2. The van der Waals surface area contributed by atoms with E-state index in [1.165, 1.54) is 0 Å². The number of ether oxygens (including phenoxy) is 1. The minimum atomic E-state index is 0.628. The van der Waals surface area contributed by atoms with Gasteiger partial charge in [-0.1, -0.05) is 23.4 Å². The number of nitrogens with zero attached hydrogens (tertiary/aromatic N) is 6. The number of fused-ring (bicyclic) bond motifs is 2. The number of H-pyrrole nitrogens is 1. The van der Waals surface area contributed by atoms with E-state index >= 15 is 0 Å². The second-order valence-electron chi connectivity index (χ2n) is 7.88. The summed E-state index contributed by atoms with van der Waals surface area (Å²) in [5.41, 5.74) is 7.23. The first kappa shape index (κ1) is 19.5. The van der Waals surface area contributed by atoms with Crippen LogP contribution in [-0.2, 0) is 4.74 Å². The lowest BCUT2D eigenvalue weighted by Crippen LogP contribution is -2.37. The minimum Gasteiger partial charge on any atom is -0.378 e. The van der Waals surface area contributed by atoms with Crippen molar-refractivity contribution in [1.82, 2.24) is 24.7 Å². The molecule has 166 valence electrons. The van der Waals surface area contributed by atoms with Gasteiger partial charge in [0, 0.05) is 54.0 Å². The smallest absolute Gasteiger partial charge is 0.160 e. The average molecular weight is 442 g/mol. The average Bonchev–Trinajstić information content (AvgIpc) is 3.57. The van der Waals surface area contributed by atoms with Gasteiger partial charge in [-0.2, -0.15) is 14.7 Å². The molecule has 6 rings (SSSR count). The molecule has 10 nitrogen and oxygen atoms in total. The van der Waals surface area contributed by atoms with Crippen LogP contribution in [0.3, 0.4) is 0 Å². The first-order valence-electron chi connectivity index (χ1n) is 10.8. The summed E-state index contributed by atoms with van der Waals surface area (Å²) in [4.78, 5) is 10.2. The van der Waals surface area contributed by atoms with Crippen molar-refractivity contribution in [1.29, 1.82) is 0 Å². The summed E-state index contributed by atoms with van der Waals surface area (Å²) < 4.78 is 12.6. The standard InChI is InChI=1S/C23H22N8O2/c1-15-10-20(29-33-15)19-11-22-26-21(12-23(31(22)28-19)30-6-8-32-9-7-30)27-25-14-16-13-24-18-5-3-2-4-17(16)18/h2-5,10-14,24H,6-9H2,1H3,(H,26,27)/b25-14+. The summed E-state index contributed by atoms with van der Waals surface area (Å²) in [6, 6.07) is 13.8. The number of hydrogen-bond donors (Lipinski definition) is 2. The van der Waals surface area contributed by atoms with Gasteiger partial charge in [-0.05, 0) is 13.0 Å². The van der Waals surface area contributed by atoms with Crippen LogP contribution < -0.4 is 10.3 Å². The highest BCUT2D eigenvalue weighted by atomic mass is 16.5. The molecule has 1 aromatic carbocycles. The number of hydrogen-bond acceptors (Lipinski definition) is 8. The van der Waals surface area contributed by atoms with Gasteiger partial charge in [-0.15, -0.1) is 0 Å². The molecule has 33 heavy (non-hydrogen) atoms. The van der Waals surface area contributed by atoms with Gasteiger partial charge in [0.1, 0.15) is 23.0 Å². The lowest BCUT2D eigenvalue weighted by atomic mass is 10.2. The molecule has 0 aliphatic carbocycles. The lowest BCUT2D eigenvalue weighted by molar-refractivity contribution is 0.122. The van der Waals surface area contributed by atoms with Gasteiger partial charge in [0.05, 0.1) is 19.4 Å². The van der Waals surface area contributed by atoms with Gasteiger partial charge >= 0.3 is 0 Å². The van der Waals surface area contributed by atoms with Crippen molar-refractivity contribution >= 4 is 34.4 Å². The second-order valence-corrected chi connectivity index (χ2v) is 7.88. The predicted octanol–water partition coefficient (Wildman–Crippen LogP) is 3.46. The fourth-order valence-corrected chi connectivity index (χ4v) is 4.01. The first-order valence-corrected chi connectivity index (χ1v) is 10.8. The zero-order chi connectivity index (χ0) is 22.2. The number of para-hydroxylation sites is 1. The lowest BCUT2D eigenvalue weighted by Gasteiger charge is -2.29. The third-order valence-corrected chi connectivity index (χ3v) is 5.64. The third kappa shape index (κ3) is 3.70. The zero-order valence-corrected chi connectivity index (χ0v) is 18.0. The molecule has 0 amide bonds. The van der Waals surface area contributed by atoms with Crippen molar-refractivity contribution in [2.24, 2.45) is 5.10 Å². The van der Waals surface area contributed by atoms with Gasteiger partial charge in [0.15, 0.2) is 11.5 Å². The Morgan fingerprint density at radius 3 is 2.85 bits per heavy atom. The highest BCUT2D eigenvalue weighted by Gasteiger charge is 2.19. The van der Waals surface area contributed by atoms with E-state index < -0.39 is 0 Å². The number of aromatic amines is 1. The van der Waals surface area contributed by atoms with Crippen LogP contribution >= 0.6 is 0 Å². The van der Waals surface area contributed by atoms with Crippen LogP contribution in [0, 0.1) is 6.92 Å². The molecule has 1 aliphatic heterocycles. The fraction of sp³-hybridized carbons (Fsp3) is 0.217. The summed E-state index contributed by atoms with van der Waals surface area (Å²) in [6.07, 6.45) is 3.73. The summed E-state index contributed by atoms with van der Waals surface area (Å²) >= 11 is 0. The maximum atomic E-state index is 5.53. The monoisotopic (exact) mass is 442 g/mol. The number of aryl methyl sites for hydroxylation is 1. The van der Waals surface area contributed by atoms with Gasteiger partial charge < -0.3 is 19.1 Å². The molecular formula is C23H22N8O2. The molecule has 1 aliphatic rings. The van der Waals surface area contributed by atoms with Crippen LogP contribution in [0.1, 0.15) is 11.3 Å². The van der Waals surface area contributed by atoms with Crippen molar-refractivity contribution in [2.75, 3.05) is 36.6 Å². The Labute approximate surface area is 188 Å². The number of anilines is 2. The SMILES string of the molecule is Cc1cc(-c2cc3nc(N/N=C/c4c[nH]c5ccccc45)cc(N4CCOCC4)n3n2)no1. The van der Waals surface area contributed by atoms with Crippen molar-refractivity contribution in [2.45, 2.75) is 6.92 Å². The minimum absolute atomic E-state index is 0.628. The summed E-state index contributed by atoms with van der Waals surface area (Å²) in [7, 11) is 0. The molecule has 2 N–H and O–H groups in total. The Kier molecular flexibility index (Phi) is 4.76. The topological polar surface area (TPSA) is 109 Å². The normalized spacial score (nSPS) is 14.6. The molecule has 1 fully saturated rings. The van der Waals surface area contributed by atoms with E-state index in [1.807, 2.05) is 54.0 Å². The molecule has 0 radical (unpaired) electrons. The van der Waals surface area contributed by atoms with E-state index in [9.17, 15) is 0 Å². The van der Waals surface area contributed by atoms with E-state index in [4.69, 9.17) is 19.3 Å². The first-order chi connectivity index (χ1) is 16.2. The van der Waals surface area contributed by atoms with Crippen LogP contribution in [0.25, 0.3) is 27.9 Å². The predicted molar refractivity (Wildman–Crippen MR) is 126 cm³/mol. The van der Waals surface area contributed by atoms with Crippen molar-refractivity contribution in [3.63, 3.8) is 0 Å². The number of morpholine rings is 1. The Morgan fingerprint density at radius 1 is 1.12 bits per heavy atom. The quantitative estimate of drug-likeness (QED) is 0.317. The Bertz CT molecular complexity index is 1460. The summed E-state index contributed by atoms with van der Waals surface area (Å²) in [6.45, 7) is 4.74. The zero-order valence-electron chi connectivity index (χ0n) is 18.0. The van der Waals surface area contributed by atoms with E-state index in [0.29, 0.717) is 36.1 Å². The molecule has 4 aromatic heterocycles. The van der Waals surface area contributed by atoms with Crippen LogP contribution in [0.15, 0.2) is 58.3 Å². The van der Waals surface area contributed by atoms with Gasteiger partial charge in [-0.3, -0.25) is 5.43 Å². The Morgan fingerprint density at radius 2 is 2.00 bits per heavy atom. The maximum Gasteiger partial charge on any atom is 0.160 e. The molecule has 1 saturated heterocycles. The van der Waals surface area contributed by atoms with Crippen LogP contribution in [0.4, 0.5) is 11.6 Å². The summed E-state index contributed by atoms with van der Waals surface area (Å²) in [5.74, 6) is 2.28. The van der Waals surface area contributed by atoms with Crippen LogP contribution in [0.5, 0.6) is 0 Å². The molecule has 5 heterocycles. The number of hydrazone groups is 1. The van der Waals surface area contributed by atoms with Gasteiger partial charge in [-0.25, -0.2) is 4.98 Å². The molecule has 0 saturated carbocycles. The van der Waals surface area contributed by atoms with Crippen LogP contribution in [-0.4, -0.2) is 57.3 Å². The van der Waals surface area contributed by atoms with Crippen molar-refractivity contribution < 1.29 is 9.26 Å². The molecule has 0 unspecified atom stereocenters. The number of aromatic nitrogens is 5. The molecule has 0 bridgehead atoms. The Balaban J connectivity index is 1.36. The van der Waals surface area contributed by atoms with Crippen molar-refractivity contribution in [3.8, 4) is 11.4 Å². The number of benzene rings is 1. The third-order valence-electron chi connectivity index (χ3n) is 5.64. The second kappa shape index (κ2) is 8.06. The van der Waals surface area contributed by atoms with E-state index in [-0.39, 0.29) is 0 Å². The van der Waals surface area contributed by atoms with E-state index in [2.05, 4.69) is 31.6 Å². The molecule has 0 spiro atoms. The highest BCUT2D eigenvalue weighted by Crippen LogP contribution is 2.26. The molecule has 0 atom stereocenters. The van der Waals surface area contributed by atoms with Gasteiger partial charge in [0.25, 0.3) is 0 Å². The largest absolute Gasteiger partial charge is 0.378 e. The van der Waals surface area contributed by atoms with E-state index in [1.54, 1.807) is 6.21 Å². The highest BCUT2D eigenvalue weighted by molar-refractivity contribution is 5.99. The van der Waals surface area contributed by atoms with Gasteiger partial charge in [0.2, 0.25) is 0 Å². The summed E-state index contributed by atoms with van der Waals surface area (Å²) in [5, 5.41) is 14.4. The van der Waals surface area contributed by atoms with Crippen molar-refractivity contribution in [3.05, 3.63) is 60.0 Å². The molecule has 10 heteroatoms. The van der Waals surface area contributed by atoms with E-state index in [0.717, 1.165) is 41.1 Å². The fourth-order valence-electron chi connectivity index (χ4n) is 4.01. The molecular weight excluding hydrogens is 420 g/mol. The Hall–Kier alpha value is -4.18. The molecule has 5 aromatic rings.